The Bertz CT molecular complexity index is 543. The van der Waals surface area contributed by atoms with Crippen molar-refractivity contribution in [3.8, 4) is 0 Å². The molecule has 1 saturated heterocycles. The van der Waals surface area contributed by atoms with Crippen molar-refractivity contribution in [2.45, 2.75) is 26.2 Å². The lowest BCUT2D eigenvalue weighted by Crippen LogP contribution is -2.19. The molecule has 1 aliphatic rings. The highest BCUT2D eigenvalue weighted by atomic mass is 16.5. The van der Waals surface area contributed by atoms with Crippen LogP contribution in [0.1, 0.15) is 24.3 Å². The van der Waals surface area contributed by atoms with E-state index in [1.165, 1.54) is 18.4 Å². The van der Waals surface area contributed by atoms with Gasteiger partial charge in [0.05, 0.1) is 0 Å². The molecular formula is C15H20N4O. The summed E-state index contributed by atoms with van der Waals surface area (Å²) >= 11 is 0. The van der Waals surface area contributed by atoms with Crippen LogP contribution in [0.5, 0.6) is 0 Å². The fourth-order valence-electron chi connectivity index (χ4n) is 2.38. The molecule has 0 bridgehead atoms. The van der Waals surface area contributed by atoms with Crippen molar-refractivity contribution in [2.24, 2.45) is 0 Å². The van der Waals surface area contributed by atoms with Crippen LogP contribution in [-0.4, -0.2) is 29.8 Å². The molecular weight excluding hydrogens is 252 g/mol. The van der Waals surface area contributed by atoms with Crippen molar-refractivity contribution >= 4 is 11.6 Å². The zero-order chi connectivity index (χ0) is 13.8. The van der Waals surface area contributed by atoms with Crippen LogP contribution in [0.3, 0.4) is 0 Å². The Hall–Kier alpha value is -2.04. The molecule has 1 aliphatic heterocycles. The Morgan fingerprint density at radius 1 is 1.20 bits per heavy atom. The molecule has 5 nitrogen and oxygen atoms in total. The first-order valence-electron chi connectivity index (χ1n) is 7.19. The third-order valence-electron chi connectivity index (χ3n) is 3.57. The van der Waals surface area contributed by atoms with Gasteiger partial charge in [0.2, 0.25) is 5.89 Å². The Balaban J connectivity index is 1.49. The van der Waals surface area contributed by atoms with Crippen molar-refractivity contribution in [1.82, 2.24) is 10.1 Å². The molecule has 0 spiro atoms. The minimum atomic E-state index is 0.700. The molecule has 0 radical (unpaired) electrons. The molecule has 1 aromatic carbocycles. The van der Waals surface area contributed by atoms with Gasteiger partial charge in [0.15, 0.2) is 0 Å². The Kier molecular flexibility index (Phi) is 3.85. The van der Waals surface area contributed by atoms with Crippen LogP contribution in [0.25, 0.3) is 0 Å². The Morgan fingerprint density at radius 3 is 2.70 bits per heavy atom. The zero-order valence-electron chi connectivity index (χ0n) is 11.8. The fraction of sp³-hybridized carbons (Fsp3) is 0.467. The topological polar surface area (TPSA) is 54.2 Å². The predicted octanol–water partition coefficient (Wildman–Crippen LogP) is 2.63. The van der Waals surface area contributed by atoms with E-state index in [1.54, 1.807) is 0 Å². The average Bonchev–Trinajstić information content (AvgIpc) is 3.11. The van der Waals surface area contributed by atoms with Crippen molar-refractivity contribution < 1.29 is 4.52 Å². The number of aromatic nitrogens is 2. The summed E-state index contributed by atoms with van der Waals surface area (Å²) < 4.78 is 5.29. The highest BCUT2D eigenvalue weighted by molar-refractivity contribution is 5.44. The lowest BCUT2D eigenvalue weighted by atomic mass is 10.2. The zero-order valence-corrected chi connectivity index (χ0v) is 11.8. The maximum atomic E-state index is 5.29. The first-order chi connectivity index (χ1) is 9.81. The molecule has 0 amide bonds. The number of aryl methyl sites for hydroxylation is 1. The minimum Gasteiger partial charge on any atom is -0.385 e. The summed E-state index contributed by atoms with van der Waals surface area (Å²) in [6.45, 7) is 4.97. The minimum absolute atomic E-state index is 0.700. The molecule has 2 heterocycles. The van der Waals surface area contributed by atoms with E-state index in [9.17, 15) is 0 Å². The van der Waals surface area contributed by atoms with Crippen LogP contribution in [0.15, 0.2) is 28.8 Å². The molecule has 106 valence electrons. The van der Waals surface area contributed by atoms with Crippen molar-refractivity contribution in [1.29, 1.82) is 0 Å². The largest absolute Gasteiger partial charge is 0.385 e. The van der Waals surface area contributed by atoms with Gasteiger partial charge in [-0.3, -0.25) is 0 Å². The van der Waals surface area contributed by atoms with Crippen molar-refractivity contribution in [2.75, 3.05) is 29.9 Å². The summed E-state index contributed by atoms with van der Waals surface area (Å²) in [6, 6.07) is 8.36. The molecule has 1 aromatic heterocycles. The van der Waals surface area contributed by atoms with Crippen LogP contribution >= 0.6 is 0 Å². The number of anilines is 2. The smallest absolute Gasteiger partial charge is 0.266 e. The first kappa shape index (κ1) is 13.0. The molecule has 0 saturated carbocycles. The summed E-state index contributed by atoms with van der Waals surface area (Å²) in [5.41, 5.74) is 2.39. The van der Waals surface area contributed by atoms with Gasteiger partial charge in [-0.05, 0) is 37.1 Å². The number of hydrogen-bond donors (Lipinski definition) is 1. The predicted molar refractivity (Wildman–Crippen MR) is 79.1 cm³/mol. The molecule has 2 aromatic rings. The number of nitrogens with zero attached hydrogens (tertiary/aromatic N) is 3. The van der Waals surface area contributed by atoms with Crippen LogP contribution in [0.4, 0.5) is 11.6 Å². The Morgan fingerprint density at radius 2 is 1.95 bits per heavy atom. The SMILES string of the molecule is Cc1ccc(NCCc2nc(N3CCCC3)no2)cc1. The van der Waals surface area contributed by atoms with Crippen molar-refractivity contribution in [3.05, 3.63) is 35.7 Å². The number of benzene rings is 1. The maximum absolute atomic E-state index is 5.29. The number of rotatable bonds is 5. The molecule has 0 aliphatic carbocycles. The summed E-state index contributed by atoms with van der Waals surface area (Å²) in [7, 11) is 0. The van der Waals surface area contributed by atoms with Gasteiger partial charge in [0, 0.05) is 31.7 Å². The van der Waals surface area contributed by atoms with E-state index in [0.29, 0.717) is 5.89 Å². The second kappa shape index (κ2) is 5.94. The van der Waals surface area contributed by atoms with Gasteiger partial charge in [0.1, 0.15) is 0 Å². The highest BCUT2D eigenvalue weighted by Gasteiger charge is 2.17. The summed E-state index contributed by atoms with van der Waals surface area (Å²) in [5.74, 6) is 1.44. The number of hydrogen-bond acceptors (Lipinski definition) is 5. The molecule has 1 fully saturated rings. The summed E-state index contributed by atoms with van der Waals surface area (Å²) in [5, 5.41) is 7.41. The van der Waals surface area contributed by atoms with Gasteiger partial charge in [-0.2, -0.15) is 4.98 Å². The second-order valence-electron chi connectivity index (χ2n) is 5.23. The average molecular weight is 272 g/mol. The maximum Gasteiger partial charge on any atom is 0.266 e. The highest BCUT2D eigenvalue weighted by Crippen LogP contribution is 2.16. The van der Waals surface area contributed by atoms with E-state index in [2.05, 4.69) is 51.5 Å². The lowest BCUT2D eigenvalue weighted by Gasteiger charge is -2.09. The third kappa shape index (κ3) is 3.10. The van der Waals surface area contributed by atoms with E-state index < -0.39 is 0 Å². The summed E-state index contributed by atoms with van der Waals surface area (Å²) in [4.78, 5) is 6.63. The molecule has 20 heavy (non-hydrogen) atoms. The Labute approximate surface area is 119 Å². The van der Waals surface area contributed by atoms with Gasteiger partial charge in [-0.15, -0.1) is 0 Å². The molecule has 3 rings (SSSR count). The van der Waals surface area contributed by atoms with E-state index in [4.69, 9.17) is 4.52 Å². The van der Waals surface area contributed by atoms with Crippen molar-refractivity contribution in [3.63, 3.8) is 0 Å². The quantitative estimate of drug-likeness (QED) is 0.906. The van der Waals surface area contributed by atoms with Crippen LogP contribution < -0.4 is 10.2 Å². The van der Waals surface area contributed by atoms with Crippen LogP contribution in [0.2, 0.25) is 0 Å². The van der Waals surface area contributed by atoms with E-state index >= 15 is 0 Å². The van der Waals surface area contributed by atoms with Gasteiger partial charge < -0.3 is 14.7 Å². The van der Waals surface area contributed by atoms with E-state index in [-0.39, 0.29) is 0 Å². The molecule has 0 atom stereocenters. The first-order valence-corrected chi connectivity index (χ1v) is 7.19. The summed E-state index contributed by atoms with van der Waals surface area (Å²) in [6.07, 6.45) is 3.19. The number of nitrogens with one attached hydrogen (secondary N) is 1. The van der Waals surface area contributed by atoms with Crippen LogP contribution in [0, 0.1) is 6.92 Å². The van der Waals surface area contributed by atoms with Gasteiger partial charge in [0.25, 0.3) is 5.95 Å². The molecule has 1 N–H and O–H groups in total. The normalized spacial score (nSPS) is 14.8. The van der Waals surface area contributed by atoms with Gasteiger partial charge in [-0.1, -0.05) is 17.7 Å². The monoisotopic (exact) mass is 272 g/mol. The molecule has 0 unspecified atom stereocenters. The lowest BCUT2D eigenvalue weighted by molar-refractivity contribution is 0.380. The van der Waals surface area contributed by atoms with Crippen LogP contribution in [-0.2, 0) is 6.42 Å². The molecule has 5 heteroatoms. The van der Waals surface area contributed by atoms with E-state index in [1.807, 2.05) is 0 Å². The standard InChI is InChI=1S/C15H20N4O/c1-12-4-6-13(7-5-12)16-9-8-14-17-15(18-20-14)19-10-2-3-11-19/h4-7,16H,2-3,8-11H2,1H3. The van der Waals surface area contributed by atoms with E-state index in [0.717, 1.165) is 37.7 Å². The third-order valence-corrected chi connectivity index (χ3v) is 3.57. The second-order valence-corrected chi connectivity index (χ2v) is 5.23. The van der Waals surface area contributed by atoms with Gasteiger partial charge in [-0.25, -0.2) is 0 Å². The van der Waals surface area contributed by atoms with Gasteiger partial charge >= 0.3 is 0 Å². The fourth-order valence-corrected chi connectivity index (χ4v) is 2.38.